The van der Waals surface area contributed by atoms with Crippen LogP contribution in [0.3, 0.4) is 0 Å². The summed E-state index contributed by atoms with van der Waals surface area (Å²) in [6.45, 7) is 8.38. The minimum Gasteiger partial charge on any atom is -0.468 e. The number of aryl methyl sites for hydroxylation is 2. The smallest absolute Gasteiger partial charge is 0.316 e. The van der Waals surface area contributed by atoms with E-state index in [0.29, 0.717) is 39.3 Å². The van der Waals surface area contributed by atoms with Crippen LogP contribution in [0.15, 0.2) is 0 Å². The van der Waals surface area contributed by atoms with Crippen molar-refractivity contribution in [2.24, 2.45) is 11.3 Å². The number of carbonyl (C=O) groups excluding carboxylic acids is 2. The van der Waals surface area contributed by atoms with E-state index in [-0.39, 0.29) is 17.8 Å². The number of carbonyl (C=O) groups is 2. The molecule has 2 aliphatic rings. The maximum Gasteiger partial charge on any atom is 0.316 e. The second-order valence-electron chi connectivity index (χ2n) is 6.90. The van der Waals surface area contributed by atoms with Gasteiger partial charge in [-0.15, -0.1) is 0 Å². The van der Waals surface area contributed by atoms with Crippen LogP contribution < -0.4 is 0 Å². The normalized spacial score (nSPS) is 25.8. The number of rotatable bonds is 4. The fraction of sp³-hybridized carbons (Fsp3) is 0.706. The van der Waals surface area contributed by atoms with Gasteiger partial charge in [0.25, 0.3) is 0 Å². The van der Waals surface area contributed by atoms with Crippen LogP contribution in [-0.4, -0.2) is 60.0 Å². The Morgan fingerprint density at radius 3 is 2.75 bits per heavy atom. The van der Waals surface area contributed by atoms with E-state index >= 15 is 0 Å². The van der Waals surface area contributed by atoms with E-state index in [2.05, 4.69) is 5.10 Å². The van der Waals surface area contributed by atoms with Gasteiger partial charge >= 0.3 is 5.97 Å². The van der Waals surface area contributed by atoms with Gasteiger partial charge in [-0.25, -0.2) is 0 Å². The summed E-state index contributed by atoms with van der Waals surface area (Å²) in [7, 11) is 1.39. The molecule has 3 rings (SSSR count). The van der Waals surface area contributed by atoms with Crippen molar-refractivity contribution in [1.29, 1.82) is 0 Å². The van der Waals surface area contributed by atoms with Crippen LogP contribution in [0.2, 0.25) is 0 Å². The minimum absolute atomic E-state index is 0.0322. The van der Waals surface area contributed by atoms with Crippen molar-refractivity contribution in [3.8, 4) is 0 Å². The molecule has 0 radical (unpaired) electrons. The van der Waals surface area contributed by atoms with Gasteiger partial charge in [0.05, 0.1) is 26.0 Å². The molecule has 24 heavy (non-hydrogen) atoms. The molecule has 2 fully saturated rings. The van der Waals surface area contributed by atoms with Gasteiger partial charge in [-0.3, -0.25) is 14.3 Å². The number of methoxy groups -OCH3 is 1. The second-order valence-corrected chi connectivity index (χ2v) is 6.90. The lowest BCUT2D eigenvalue weighted by Gasteiger charge is -2.23. The number of esters is 1. The van der Waals surface area contributed by atoms with Gasteiger partial charge in [-0.2, -0.15) is 5.10 Å². The molecule has 7 heteroatoms. The zero-order chi connectivity index (χ0) is 17.5. The van der Waals surface area contributed by atoms with Crippen LogP contribution in [-0.2, 0) is 25.6 Å². The zero-order valence-corrected chi connectivity index (χ0v) is 14.8. The van der Waals surface area contributed by atoms with Crippen LogP contribution in [0.1, 0.15) is 23.4 Å². The Balaban J connectivity index is 1.64. The average molecular weight is 335 g/mol. The first-order valence-corrected chi connectivity index (χ1v) is 8.33. The zero-order valence-electron chi connectivity index (χ0n) is 14.8. The summed E-state index contributed by atoms with van der Waals surface area (Å²) in [5.74, 6) is -0.183. The van der Waals surface area contributed by atoms with E-state index in [1.165, 1.54) is 12.7 Å². The van der Waals surface area contributed by atoms with Crippen molar-refractivity contribution < 1.29 is 19.1 Å². The molecule has 0 saturated carbocycles. The van der Waals surface area contributed by atoms with E-state index in [1.54, 1.807) is 4.90 Å². The topological polar surface area (TPSA) is 73.7 Å². The van der Waals surface area contributed by atoms with E-state index in [0.717, 1.165) is 11.4 Å². The summed E-state index contributed by atoms with van der Waals surface area (Å²) in [5, 5.41) is 4.47. The molecule has 1 amide bonds. The lowest BCUT2D eigenvalue weighted by Crippen LogP contribution is -2.41. The van der Waals surface area contributed by atoms with Crippen molar-refractivity contribution in [1.82, 2.24) is 14.7 Å². The van der Waals surface area contributed by atoms with Gasteiger partial charge in [-0.1, -0.05) is 0 Å². The average Bonchev–Trinajstić information content (AvgIpc) is 3.20. The Labute approximate surface area is 141 Å². The molecule has 132 valence electrons. The molecule has 0 N–H and O–H groups in total. The molecule has 2 saturated heterocycles. The number of aromatic nitrogens is 2. The summed E-state index contributed by atoms with van der Waals surface area (Å²) in [4.78, 5) is 26.6. The lowest BCUT2D eigenvalue weighted by molar-refractivity contribution is -0.153. The van der Waals surface area contributed by atoms with Crippen molar-refractivity contribution in [3.63, 3.8) is 0 Å². The maximum atomic E-state index is 12.6. The van der Waals surface area contributed by atoms with Crippen molar-refractivity contribution in [2.45, 2.75) is 33.7 Å². The fourth-order valence-electron chi connectivity index (χ4n) is 3.78. The van der Waals surface area contributed by atoms with Gasteiger partial charge in [0, 0.05) is 37.7 Å². The van der Waals surface area contributed by atoms with E-state index < -0.39 is 5.41 Å². The predicted molar refractivity (Wildman–Crippen MR) is 86.4 cm³/mol. The number of hydrogen-bond acceptors (Lipinski definition) is 5. The fourth-order valence-corrected chi connectivity index (χ4v) is 3.78. The first-order valence-electron chi connectivity index (χ1n) is 8.33. The monoisotopic (exact) mass is 335 g/mol. The molecule has 7 nitrogen and oxygen atoms in total. The highest BCUT2D eigenvalue weighted by Gasteiger charge is 2.57. The quantitative estimate of drug-likeness (QED) is 0.763. The van der Waals surface area contributed by atoms with Crippen LogP contribution >= 0.6 is 0 Å². The van der Waals surface area contributed by atoms with E-state index in [1.807, 2.05) is 25.5 Å². The Hall–Kier alpha value is -1.89. The van der Waals surface area contributed by atoms with Crippen LogP contribution in [0.5, 0.6) is 0 Å². The Bertz CT molecular complexity index is 669. The molecule has 0 bridgehead atoms. The molecule has 1 aromatic rings. The van der Waals surface area contributed by atoms with Crippen molar-refractivity contribution in [2.75, 3.05) is 33.4 Å². The highest BCUT2D eigenvalue weighted by molar-refractivity contribution is 5.82. The van der Waals surface area contributed by atoms with Crippen LogP contribution in [0.4, 0.5) is 0 Å². The SMILES string of the molecule is COC(=O)[C@@]12COC[C@@H]1CN(C(=O)CCn1nc(C)c(C)c1C)C2. The number of ether oxygens (including phenoxy) is 2. The number of hydrogen-bond donors (Lipinski definition) is 0. The first kappa shape index (κ1) is 17.0. The molecule has 2 atom stereocenters. The second kappa shape index (κ2) is 6.20. The molecule has 0 spiro atoms. The van der Waals surface area contributed by atoms with Gasteiger partial charge in [-0.05, 0) is 26.3 Å². The molecular formula is C17H25N3O4. The molecule has 0 unspecified atom stereocenters. The van der Waals surface area contributed by atoms with Crippen molar-refractivity contribution in [3.05, 3.63) is 17.0 Å². The van der Waals surface area contributed by atoms with Gasteiger partial charge in [0.1, 0.15) is 5.41 Å². The number of nitrogens with zero attached hydrogens (tertiary/aromatic N) is 3. The number of amides is 1. The van der Waals surface area contributed by atoms with E-state index in [4.69, 9.17) is 9.47 Å². The lowest BCUT2D eigenvalue weighted by atomic mass is 9.81. The largest absolute Gasteiger partial charge is 0.468 e. The van der Waals surface area contributed by atoms with E-state index in [9.17, 15) is 9.59 Å². The summed E-state index contributed by atoms with van der Waals surface area (Å²) in [6.07, 6.45) is 0.381. The van der Waals surface area contributed by atoms with Gasteiger partial charge in [0.2, 0.25) is 5.91 Å². The summed E-state index contributed by atoms with van der Waals surface area (Å²) >= 11 is 0. The Morgan fingerprint density at radius 2 is 2.12 bits per heavy atom. The standard InChI is InChI=1S/C17H25N3O4/c1-11-12(2)18-20(13(11)3)6-5-15(21)19-7-14-8-24-10-17(14,9-19)16(22)23-4/h14H,5-10H2,1-4H3/t14-,17-/m0/s1. The molecule has 0 aromatic carbocycles. The Kier molecular flexibility index (Phi) is 4.38. The number of likely N-dealkylation sites (tertiary alicyclic amines) is 1. The van der Waals surface area contributed by atoms with Gasteiger partial charge in [0.15, 0.2) is 0 Å². The van der Waals surface area contributed by atoms with Crippen LogP contribution in [0.25, 0.3) is 0 Å². The predicted octanol–water partition coefficient (Wildman–Crippen LogP) is 0.846. The summed E-state index contributed by atoms with van der Waals surface area (Å²) < 4.78 is 12.3. The first-order chi connectivity index (χ1) is 11.4. The minimum atomic E-state index is -0.681. The molecule has 1 aromatic heterocycles. The van der Waals surface area contributed by atoms with Crippen molar-refractivity contribution >= 4 is 11.9 Å². The third-order valence-corrected chi connectivity index (χ3v) is 5.60. The Morgan fingerprint density at radius 1 is 1.38 bits per heavy atom. The molecular weight excluding hydrogens is 310 g/mol. The van der Waals surface area contributed by atoms with Crippen LogP contribution in [0, 0.1) is 32.1 Å². The number of fused-ring (bicyclic) bond motifs is 1. The maximum absolute atomic E-state index is 12.6. The third kappa shape index (κ3) is 2.60. The third-order valence-electron chi connectivity index (χ3n) is 5.60. The molecule has 3 heterocycles. The molecule has 0 aliphatic carbocycles. The highest BCUT2D eigenvalue weighted by Crippen LogP contribution is 2.42. The van der Waals surface area contributed by atoms with Gasteiger partial charge < -0.3 is 14.4 Å². The summed E-state index contributed by atoms with van der Waals surface area (Å²) in [6, 6.07) is 0. The molecule has 2 aliphatic heterocycles. The summed E-state index contributed by atoms with van der Waals surface area (Å²) in [5.41, 5.74) is 2.58. The highest BCUT2D eigenvalue weighted by atomic mass is 16.5.